The van der Waals surface area contributed by atoms with E-state index in [0.29, 0.717) is 4.88 Å². The Morgan fingerprint density at radius 1 is 1.00 bits per heavy atom. The number of benzene rings is 2. The Labute approximate surface area is 179 Å². The number of carbonyl (C=O) groups is 2. The van der Waals surface area contributed by atoms with Crippen molar-refractivity contribution in [2.24, 2.45) is 0 Å². The van der Waals surface area contributed by atoms with Crippen LogP contribution in [0.15, 0.2) is 48.5 Å². The molecule has 158 valence electrons. The highest BCUT2D eigenvalue weighted by molar-refractivity contribution is 7.20. The molecule has 0 saturated heterocycles. The number of nitrogens with zero attached hydrogens (tertiary/aromatic N) is 2. The third kappa shape index (κ3) is 4.41. The van der Waals surface area contributed by atoms with Crippen LogP contribution in [-0.2, 0) is 4.74 Å². The van der Waals surface area contributed by atoms with Crippen LogP contribution in [0.25, 0.3) is 10.4 Å². The van der Waals surface area contributed by atoms with E-state index < -0.39 is 33.1 Å². The van der Waals surface area contributed by atoms with Gasteiger partial charge in [-0.15, -0.1) is 11.3 Å². The molecule has 11 heteroatoms. The minimum absolute atomic E-state index is 0.0933. The fourth-order valence-corrected chi connectivity index (χ4v) is 3.91. The van der Waals surface area contributed by atoms with E-state index in [9.17, 15) is 29.8 Å². The van der Waals surface area contributed by atoms with Gasteiger partial charge in [-0.2, -0.15) is 0 Å². The SMILES string of the molecule is COC(=O)c1cc(-c2ccccc2)sc1NC(=O)c1cc([N+](=O)[O-])c(C)c([N+](=O)[O-])c1. The summed E-state index contributed by atoms with van der Waals surface area (Å²) in [5, 5.41) is 25.2. The molecule has 1 heterocycles. The van der Waals surface area contributed by atoms with Crippen molar-refractivity contribution < 1.29 is 24.2 Å². The summed E-state index contributed by atoms with van der Waals surface area (Å²) in [5.74, 6) is -1.52. The van der Waals surface area contributed by atoms with E-state index in [-0.39, 0.29) is 21.7 Å². The normalized spacial score (nSPS) is 10.4. The number of rotatable bonds is 6. The van der Waals surface area contributed by atoms with Crippen molar-refractivity contribution >= 4 is 39.6 Å². The average Bonchev–Trinajstić information content (AvgIpc) is 3.17. The van der Waals surface area contributed by atoms with Gasteiger partial charge in [0.2, 0.25) is 0 Å². The second-order valence-corrected chi connectivity index (χ2v) is 7.37. The summed E-state index contributed by atoms with van der Waals surface area (Å²) in [6.07, 6.45) is 0. The largest absolute Gasteiger partial charge is 0.465 e. The number of nitro groups is 2. The molecule has 0 spiro atoms. The zero-order chi connectivity index (χ0) is 22.7. The molecule has 0 aliphatic heterocycles. The molecule has 0 saturated carbocycles. The number of ether oxygens (including phenoxy) is 1. The van der Waals surface area contributed by atoms with Gasteiger partial charge in [-0.3, -0.25) is 25.0 Å². The summed E-state index contributed by atoms with van der Waals surface area (Å²) in [4.78, 5) is 46.6. The number of amides is 1. The van der Waals surface area contributed by atoms with E-state index in [1.165, 1.54) is 14.0 Å². The Balaban J connectivity index is 2.03. The molecule has 2 aromatic carbocycles. The van der Waals surface area contributed by atoms with Gasteiger partial charge in [-0.05, 0) is 18.6 Å². The van der Waals surface area contributed by atoms with Gasteiger partial charge in [0.25, 0.3) is 17.3 Å². The van der Waals surface area contributed by atoms with Crippen molar-refractivity contribution in [3.63, 3.8) is 0 Å². The van der Waals surface area contributed by atoms with Gasteiger partial charge in [0.1, 0.15) is 10.6 Å². The number of esters is 1. The van der Waals surface area contributed by atoms with Crippen molar-refractivity contribution in [2.75, 3.05) is 12.4 Å². The molecule has 3 rings (SSSR count). The number of hydrogen-bond acceptors (Lipinski definition) is 8. The molecule has 0 aliphatic rings. The van der Waals surface area contributed by atoms with Crippen molar-refractivity contribution in [1.82, 2.24) is 0 Å². The van der Waals surface area contributed by atoms with Crippen LogP contribution in [0.5, 0.6) is 0 Å². The van der Waals surface area contributed by atoms with Gasteiger partial charge in [0.15, 0.2) is 0 Å². The van der Waals surface area contributed by atoms with Crippen LogP contribution in [0.4, 0.5) is 16.4 Å². The minimum atomic E-state index is -0.835. The maximum absolute atomic E-state index is 12.8. The zero-order valence-corrected chi connectivity index (χ0v) is 17.1. The number of hydrogen-bond donors (Lipinski definition) is 1. The van der Waals surface area contributed by atoms with Gasteiger partial charge in [-0.1, -0.05) is 30.3 Å². The van der Waals surface area contributed by atoms with E-state index in [1.807, 2.05) is 30.3 Å². The third-order valence-electron chi connectivity index (χ3n) is 4.43. The Morgan fingerprint density at radius 2 is 1.58 bits per heavy atom. The minimum Gasteiger partial charge on any atom is -0.465 e. The lowest BCUT2D eigenvalue weighted by Gasteiger charge is -2.07. The molecular weight excluding hydrogens is 426 g/mol. The number of carbonyl (C=O) groups excluding carboxylic acids is 2. The monoisotopic (exact) mass is 441 g/mol. The van der Waals surface area contributed by atoms with Crippen molar-refractivity contribution in [3.8, 4) is 10.4 Å². The lowest BCUT2D eigenvalue weighted by Crippen LogP contribution is -2.14. The van der Waals surface area contributed by atoms with Crippen molar-refractivity contribution in [2.45, 2.75) is 6.92 Å². The fourth-order valence-electron chi connectivity index (χ4n) is 2.86. The maximum Gasteiger partial charge on any atom is 0.340 e. The summed E-state index contributed by atoms with van der Waals surface area (Å²) in [6, 6.07) is 12.6. The van der Waals surface area contributed by atoms with Crippen molar-refractivity contribution in [1.29, 1.82) is 0 Å². The molecule has 1 N–H and O–H groups in total. The first-order valence-corrected chi connectivity index (χ1v) is 9.57. The standard InChI is InChI=1S/C20H15N3O7S/c1-11-15(22(26)27)8-13(9-16(11)23(28)29)18(24)21-19-14(20(25)30-2)10-17(31-19)12-6-4-3-5-7-12/h3-10H,1-2H3,(H,21,24). The summed E-state index contributed by atoms with van der Waals surface area (Å²) in [6.45, 7) is 1.23. The number of nitrogens with one attached hydrogen (secondary N) is 1. The second kappa shape index (κ2) is 8.71. The number of methoxy groups -OCH3 is 1. The zero-order valence-electron chi connectivity index (χ0n) is 16.3. The van der Waals surface area contributed by atoms with Gasteiger partial charge in [0, 0.05) is 17.0 Å². The highest BCUT2D eigenvalue weighted by atomic mass is 32.1. The third-order valence-corrected chi connectivity index (χ3v) is 5.53. The van der Waals surface area contributed by atoms with Crippen molar-refractivity contribution in [3.05, 3.63) is 85.4 Å². The fraction of sp³-hybridized carbons (Fsp3) is 0.100. The molecule has 0 unspecified atom stereocenters. The first-order valence-electron chi connectivity index (χ1n) is 8.75. The summed E-state index contributed by atoms with van der Waals surface area (Å²) >= 11 is 1.10. The second-order valence-electron chi connectivity index (χ2n) is 6.32. The van der Waals surface area contributed by atoms with E-state index in [2.05, 4.69) is 5.32 Å². The number of thiophene rings is 1. The first kappa shape index (κ1) is 21.6. The molecular formula is C20H15N3O7S. The Morgan fingerprint density at radius 3 is 2.10 bits per heavy atom. The van der Waals surface area contributed by atoms with E-state index >= 15 is 0 Å². The van der Waals surface area contributed by atoms with E-state index in [1.54, 1.807) is 6.07 Å². The molecule has 1 aromatic heterocycles. The average molecular weight is 441 g/mol. The predicted molar refractivity (Wildman–Crippen MR) is 114 cm³/mol. The number of anilines is 1. The van der Waals surface area contributed by atoms with Crippen LogP contribution < -0.4 is 5.32 Å². The Hall–Kier alpha value is -4.12. The molecule has 10 nitrogen and oxygen atoms in total. The van der Waals surface area contributed by atoms with E-state index in [4.69, 9.17) is 4.74 Å². The summed E-state index contributed by atoms with van der Waals surface area (Å²) in [7, 11) is 1.19. The Bertz CT molecular complexity index is 1170. The molecule has 0 radical (unpaired) electrons. The van der Waals surface area contributed by atoms with Gasteiger partial charge in [0.05, 0.1) is 28.1 Å². The van der Waals surface area contributed by atoms with Gasteiger partial charge < -0.3 is 10.1 Å². The quantitative estimate of drug-likeness (QED) is 0.335. The van der Waals surface area contributed by atoms with Crippen LogP contribution >= 0.6 is 11.3 Å². The smallest absolute Gasteiger partial charge is 0.340 e. The highest BCUT2D eigenvalue weighted by Crippen LogP contribution is 2.36. The molecule has 0 atom stereocenters. The molecule has 3 aromatic rings. The summed E-state index contributed by atoms with van der Waals surface area (Å²) in [5.41, 5.74) is -0.651. The molecule has 0 aliphatic carbocycles. The Kier molecular flexibility index (Phi) is 6.07. The molecule has 0 fully saturated rings. The summed E-state index contributed by atoms with van der Waals surface area (Å²) < 4.78 is 4.77. The maximum atomic E-state index is 12.8. The van der Waals surface area contributed by atoms with Crippen LogP contribution in [0.2, 0.25) is 0 Å². The molecule has 0 bridgehead atoms. The lowest BCUT2D eigenvalue weighted by atomic mass is 10.1. The van der Waals surface area contributed by atoms with E-state index in [0.717, 1.165) is 29.0 Å². The first-order chi connectivity index (χ1) is 14.7. The van der Waals surface area contributed by atoms with Crippen LogP contribution in [0, 0.1) is 27.2 Å². The van der Waals surface area contributed by atoms with Gasteiger partial charge >= 0.3 is 5.97 Å². The van der Waals surface area contributed by atoms with Crippen LogP contribution in [0.1, 0.15) is 26.3 Å². The number of nitro benzene ring substituents is 2. The predicted octanol–water partition coefficient (Wildman–Crippen LogP) is 4.58. The molecule has 31 heavy (non-hydrogen) atoms. The molecule has 1 amide bonds. The lowest BCUT2D eigenvalue weighted by molar-refractivity contribution is -0.395. The van der Waals surface area contributed by atoms with Crippen LogP contribution in [-0.4, -0.2) is 28.8 Å². The topological polar surface area (TPSA) is 142 Å². The van der Waals surface area contributed by atoms with Crippen LogP contribution in [0.3, 0.4) is 0 Å². The highest BCUT2D eigenvalue weighted by Gasteiger charge is 2.26. The van der Waals surface area contributed by atoms with Gasteiger partial charge in [-0.25, -0.2) is 4.79 Å².